The zero-order valence-electron chi connectivity index (χ0n) is 18.2. The second-order valence-electron chi connectivity index (χ2n) is 7.49. The van der Waals surface area contributed by atoms with Gasteiger partial charge in [0.05, 0.1) is 5.69 Å². The van der Waals surface area contributed by atoms with Gasteiger partial charge in [-0.25, -0.2) is 4.68 Å². The van der Waals surface area contributed by atoms with E-state index in [0.29, 0.717) is 23.5 Å². The van der Waals surface area contributed by atoms with Crippen molar-refractivity contribution < 1.29 is 9.59 Å². The third-order valence-electron chi connectivity index (χ3n) is 5.08. The van der Waals surface area contributed by atoms with Gasteiger partial charge in [-0.2, -0.15) is 5.10 Å². The maximum atomic E-state index is 12.5. The van der Waals surface area contributed by atoms with Crippen LogP contribution in [0.3, 0.4) is 0 Å². The van der Waals surface area contributed by atoms with Crippen molar-refractivity contribution in [2.75, 3.05) is 10.6 Å². The number of rotatable bonds is 6. The molecule has 2 aromatic carbocycles. The fourth-order valence-electron chi connectivity index (χ4n) is 3.03. The van der Waals surface area contributed by atoms with Crippen LogP contribution in [0.25, 0.3) is 11.3 Å². The van der Waals surface area contributed by atoms with Gasteiger partial charge < -0.3 is 10.6 Å². The second-order valence-corrected chi connectivity index (χ2v) is 7.49. The van der Waals surface area contributed by atoms with Crippen LogP contribution in [0.1, 0.15) is 30.0 Å². The Hall–Kier alpha value is -3.74. The fraction of sp³-hybridized carbons (Fsp3) is 0.250. The Balaban J connectivity index is 1.82. The van der Waals surface area contributed by atoms with Gasteiger partial charge in [-0.3, -0.25) is 14.4 Å². The number of hydrogen-bond donors (Lipinski definition) is 2. The van der Waals surface area contributed by atoms with E-state index in [2.05, 4.69) is 15.7 Å². The van der Waals surface area contributed by atoms with Gasteiger partial charge in [0.2, 0.25) is 11.8 Å². The van der Waals surface area contributed by atoms with Crippen LogP contribution in [0, 0.1) is 20.8 Å². The Kier molecular flexibility index (Phi) is 6.65. The van der Waals surface area contributed by atoms with Gasteiger partial charge in [0.25, 0.3) is 5.56 Å². The molecule has 160 valence electrons. The summed E-state index contributed by atoms with van der Waals surface area (Å²) >= 11 is 0. The molecule has 3 aromatic rings. The average Bonchev–Trinajstić information content (AvgIpc) is 2.74. The van der Waals surface area contributed by atoms with E-state index in [9.17, 15) is 14.4 Å². The van der Waals surface area contributed by atoms with E-state index >= 15 is 0 Å². The number of carbonyl (C=O) groups is 2. The first-order valence-corrected chi connectivity index (χ1v) is 10.1. The molecule has 7 heteroatoms. The highest BCUT2D eigenvalue weighted by Gasteiger charge is 2.11. The molecule has 0 spiro atoms. The molecule has 2 amide bonds. The third kappa shape index (κ3) is 5.45. The summed E-state index contributed by atoms with van der Waals surface area (Å²) in [4.78, 5) is 36.5. The van der Waals surface area contributed by atoms with Gasteiger partial charge in [-0.15, -0.1) is 0 Å². The molecule has 0 atom stereocenters. The summed E-state index contributed by atoms with van der Waals surface area (Å²) in [6.45, 7) is 7.46. The first-order valence-electron chi connectivity index (χ1n) is 10.1. The summed E-state index contributed by atoms with van der Waals surface area (Å²) in [6.07, 6.45) is 0.377. The van der Waals surface area contributed by atoms with Crippen molar-refractivity contribution >= 4 is 23.2 Å². The lowest BCUT2D eigenvalue weighted by Gasteiger charge is -2.12. The average molecular weight is 418 g/mol. The summed E-state index contributed by atoms with van der Waals surface area (Å²) in [7, 11) is 0. The van der Waals surface area contributed by atoms with Crippen molar-refractivity contribution in [1.29, 1.82) is 0 Å². The Morgan fingerprint density at radius 3 is 2.32 bits per heavy atom. The van der Waals surface area contributed by atoms with E-state index in [4.69, 9.17) is 0 Å². The Labute approximate surface area is 181 Å². The van der Waals surface area contributed by atoms with Crippen molar-refractivity contribution in [2.24, 2.45) is 0 Å². The van der Waals surface area contributed by atoms with Crippen LogP contribution in [0.4, 0.5) is 11.4 Å². The molecule has 1 aromatic heterocycles. The predicted molar refractivity (Wildman–Crippen MR) is 122 cm³/mol. The minimum Gasteiger partial charge on any atom is -0.326 e. The van der Waals surface area contributed by atoms with Crippen molar-refractivity contribution in [1.82, 2.24) is 9.78 Å². The maximum absolute atomic E-state index is 12.5. The van der Waals surface area contributed by atoms with Crippen LogP contribution in [-0.2, 0) is 16.1 Å². The van der Waals surface area contributed by atoms with Crippen LogP contribution < -0.4 is 16.2 Å². The number of nitrogens with one attached hydrogen (secondary N) is 2. The number of benzene rings is 2. The lowest BCUT2D eigenvalue weighted by molar-refractivity contribution is -0.117. The minimum atomic E-state index is -0.370. The lowest BCUT2D eigenvalue weighted by Crippen LogP contribution is -2.29. The van der Waals surface area contributed by atoms with Crippen LogP contribution in [0.15, 0.2) is 53.3 Å². The second kappa shape index (κ2) is 9.38. The molecule has 0 saturated carbocycles. The van der Waals surface area contributed by atoms with E-state index < -0.39 is 0 Å². The first-order chi connectivity index (χ1) is 14.8. The van der Waals surface area contributed by atoms with E-state index in [1.165, 1.54) is 6.07 Å². The summed E-state index contributed by atoms with van der Waals surface area (Å²) in [5.41, 5.74) is 5.39. The van der Waals surface area contributed by atoms with Crippen molar-refractivity contribution in [2.45, 2.75) is 40.7 Å². The van der Waals surface area contributed by atoms with E-state index in [1.807, 2.05) is 57.2 Å². The van der Waals surface area contributed by atoms with E-state index in [1.54, 1.807) is 13.0 Å². The molecule has 3 rings (SSSR count). The summed E-state index contributed by atoms with van der Waals surface area (Å²) in [6, 6.07) is 14.2. The van der Waals surface area contributed by atoms with Crippen LogP contribution in [0.2, 0.25) is 0 Å². The Bertz CT molecular complexity index is 1200. The molecule has 0 aliphatic heterocycles. The Morgan fingerprint density at radius 2 is 1.61 bits per heavy atom. The molecule has 1 heterocycles. The number of nitrogens with zero attached hydrogens (tertiary/aromatic N) is 2. The smallest absolute Gasteiger partial charge is 0.267 e. The summed E-state index contributed by atoms with van der Waals surface area (Å²) < 4.78 is 1.13. The highest BCUT2D eigenvalue weighted by atomic mass is 16.2. The number of aromatic nitrogens is 2. The van der Waals surface area contributed by atoms with Gasteiger partial charge >= 0.3 is 0 Å². The zero-order valence-corrected chi connectivity index (χ0v) is 18.2. The molecule has 0 saturated heterocycles. The predicted octanol–water partition coefficient (Wildman–Crippen LogP) is 3.82. The largest absolute Gasteiger partial charge is 0.326 e. The standard InChI is InChI=1S/C24H26N4O3/c1-5-22(29)26-21-13-18(8-6-16(21)3)20-10-11-24(31)28(27-20)14-23(30)25-19-9-7-15(2)17(4)12-19/h6-13H,5,14H2,1-4H3,(H,25,30)(H,26,29). The van der Waals surface area contributed by atoms with E-state index in [-0.39, 0.29) is 23.9 Å². The molecule has 2 N–H and O–H groups in total. The fourth-order valence-corrected chi connectivity index (χ4v) is 3.03. The molecular weight excluding hydrogens is 392 g/mol. The van der Waals surface area contributed by atoms with Gasteiger partial charge in [0.1, 0.15) is 6.54 Å². The number of aryl methyl sites for hydroxylation is 3. The molecule has 31 heavy (non-hydrogen) atoms. The molecule has 0 aliphatic rings. The van der Waals surface area contributed by atoms with Crippen LogP contribution in [0.5, 0.6) is 0 Å². The zero-order chi connectivity index (χ0) is 22.5. The number of carbonyl (C=O) groups excluding carboxylic acids is 2. The van der Waals surface area contributed by atoms with Crippen LogP contribution in [-0.4, -0.2) is 21.6 Å². The molecule has 7 nitrogen and oxygen atoms in total. The normalized spacial score (nSPS) is 10.6. The van der Waals surface area contributed by atoms with Crippen molar-refractivity contribution in [3.05, 3.63) is 75.6 Å². The third-order valence-corrected chi connectivity index (χ3v) is 5.08. The summed E-state index contributed by atoms with van der Waals surface area (Å²) in [5.74, 6) is -0.420. The SMILES string of the molecule is CCC(=O)Nc1cc(-c2ccc(=O)n(CC(=O)Nc3ccc(C)c(C)c3)n2)ccc1C. The quantitative estimate of drug-likeness (QED) is 0.636. The van der Waals surface area contributed by atoms with Crippen molar-refractivity contribution in [3.63, 3.8) is 0 Å². The number of hydrogen-bond acceptors (Lipinski definition) is 4. The van der Waals surface area contributed by atoms with Gasteiger partial charge in [0.15, 0.2) is 0 Å². The van der Waals surface area contributed by atoms with Gasteiger partial charge in [-0.1, -0.05) is 25.1 Å². The lowest BCUT2D eigenvalue weighted by atomic mass is 10.1. The minimum absolute atomic E-state index is 0.0822. The topological polar surface area (TPSA) is 93.1 Å². The highest BCUT2D eigenvalue weighted by Crippen LogP contribution is 2.24. The molecular formula is C24H26N4O3. The number of amides is 2. The van der Waals surface area contributed by atoms with Gasteiger partial charge in [0, 0.05) is 29.4 Å². The molecule has 0 fully saturated rings. The van der Waals surface area contributed by atoms with E-state index in [0.717, 1.165) is 26.9 Å². The van der Waals surface area contributed by atoms with Crippen molar-refractivity contribution in [3.8, 4) is 11.3 Å². The Morgan fingerprint density at radius 1 is 0.871 bits per heavy atom. The molecule has 0 unspecified atom stereocenters. The molecule has 0 radical (unpaired) electrons. The van der Waals surface area contributed by atoms with Crippen LogP contribution >= 0.6 is 0 Å². The highest BCUT2D eigenvalue weighted by molar-refractivity contribution is 5.92. The molecule has 0 bridgehead atoms. The maximum Gasteiger partial charge on any atom is 0.267 e. The first kappa shape index (κ1) is 22.0. The molecule has 0 aliphatic carbocycles. The summed E-state index contributed by atoms with van der Waals surface area (Å²) in [5, 5.41) is 10.0. The number of anilines is 2. The monoisotopic (exact) mass is 418 g/mol. The van der Waals surface area contributed by atoms with Gasteiger partial charge in [-0.05, 0) is 61.7 Å².